The van der Waals surface area contributed by atoms with Crippen LogP contribution in [-0.2, 0) is 11.3 Å². The molecule has 9 nitrogen and oxygen atoms in total. The maximum absolute atomic E-state index is 13.5. The van der Waals surface area contributed by atoms with Gasteiger partial charge in [-0.05, 0) is 37.6 Å². The third kappa shape index (κ3) is 3.49. The molecule has 0 saturated carbocycles. The lowest BCUT2D eigenvalue weighted by Gasteiger charge is -2.23. The van der Waals surface area contributed by atoms with Crippen LogP contribution in [-0.4, -0.2) is 55.9 Å². The van der Waals surface area contributed by atoms with Crippen molar-refractivity contribution in [2.45, 2.75) is 19.9 Å². The van der Waals surface area contributed by atoms with Crippen LogP contribution < -0.4 is 10.5 Å². The van der Waals surface area contributed by atoms with Gasteiger partial charge in [0.2, 0.25) is 0 Å². The number of fused-ring (bicyclic) bond motifs is 4. The minimum Gasteiger partial charge on any atom is -0.381 e. The van der Waals surface area contributed by atoms with Crippen LogP contribution in [0.2, 0.25) is 0 Å². The molecule has 4 aromatic heterocycles. The Labute approximate surface area is 195 Å². The monoisotopic (exact) mass is 455 g/mol. The summed E-state index contributed by atoms with van der Waals surface area (Å²) in [7, 11) is 2.06. The minimum atomic E-state index is -0.134. The van der Waals surface area contributed by atoms with Crippen LogP contribution in [0.4, 0.5) is 5.82 Å². The summed E-state index contributed by atoms with van der Waals surface area (Å²) in [6.45, 7) is 4.58. The van der Waals surface area contributed by atoms with Gasteiger partial charge in [0.1, 0.15) is 11.5 Å². The number of aromatic nitrogens is 6. The molecule has 34 heavy (non-hydrogen) atoms. The van der Waals surface area contributed by atoms with E-state index >= 15 is 0 Å². The van der Waals surface area contributed by atoms with Gasteiger partial charge in [-0.3, -0.25) is 9.36 Å². The fraction of sp³-hybridized carbons (Fsp3) is 0.320. The van der Waals surface area contributed by atoms with Crippen LogP contribution in [0.5, 0.6) is 0 Å². The third-order valence-corrected chi connectivity index (χ3v) is 6.40. The van der Waals surface area contributed by atoms with Gasteiger partial charge in [0.25, 0.3) is 5.56 Å². The largest absolute Gasteiger partial charge is 0.381 e. The molecule has 1 aromatic carbocycles. The molecule has 9 heteroatoms. The second-order valence-corrected chi connectivity index (χ2v) is 8.91. The van der Waals surface area contributed by atoms with E-state index in [0.29, 0.717) is 28.4 Å². The first-order valence-corrected chi connectivity index (χ1v) is 11.5. The van der Waals surface area contributed by atoms with Crippen molar-refractivity contribution in [1.82, 2.24) is 29.1 Å². The van der Waals surface area contributed by atoms with Gasteiger partial charge in [-0.2, -0.15) is 9.61 Å². The molecule has 1 aliphatic heterocycles. The maximum atomic E-state index is 13.5. The number of hydrogen-bond donors (Lipinski definition) is 0. The highest BCUT2D eigenvalue weighted by Crippen LogP contribution is 2.25. The van der Waals surface area contributed by atoms with E-state index in [2.05, 4.69) is 22.0 Å². The maximum Gasteiger partial charge on any atom is 0.263 e. The molecule has 0 aliphatic carbocycles. The molecule has 1 fully saturated rings. The Balaban J connectivity index is 1.49. The first kappa shape index (κ1) is 20.7. The molecule has 0 spiro atoms. The summed E-state index contributed by atoms with van der Waals surface area (Å²) in [4.78, 5) is 29.8. The molecular formula is C25H25N7O2. The molecule has 5 aromatic rings. The summed E-state index contributed by atoms with van der Waals surface area (Å²) < 4.78 is 8.97. The molecule has 0 bridgehead atoms. The first-order chi connectivity index (χ1) is 16.6. The van der Waals surface area contributed by atoms with E-state index in [9.17, 15) is 4.79 Å². The summed E-state index contributed by atoms with van der Waals surface area (Å²) in [5.41, 5.74) is 2.75. The van der Waals surface area contributed by atoms with Crippen molar-refractivity contribution in [2.24, 2.45) is 5.92 Å². The molecular weight excluding hydrogens is 430 g/mol. The molecule has 0 amide bonds. The minimum absolute atomic E-state index is 0.134. The number of hydrogen-bond acceptors (Lipinski definition) is 7. The highest BCUT2D eigenvalue weighted by atomic mass is 16.5. The topological polar surface area (TPSA) is 90.4 Å². The predicted molar refractivity (Wildman–Crippen MR) is 130 cm³/mol. The van der Waals surface area contributed by atoms with E-state index in [4.69, 9.17) is 14.7 Å². The van der Waals surface area contributed by atoms with Gasteiger partial charge in [-0.1, -0.05) is 12.1 Å². The van der Waals surface area contributed by atoms with Crippen molar-refractivity contribution >= 4 is 33.4 Å². The fourth-order valence-corrected chi connectivity index (χ4v) is 4.78. The van der Waals surface area contributed by atoms with Crippen LogP contribution >= 0.6 is 0 Å². The van der Waals surface area contributed by atoms with Crippen molar-refractivity contribution in [3.05, 3.63) is 70.5 Å². The number of aryl methyl sites for hydroxylation is 1. The fourth-order valence-electron chi connectivity index (χ4n) is 4.78. The number of anilines is 1. The van der Waals surface area contributed by atoms with E-state index in [1.165, 1.54) is 0 Å². The Kier molecular flexibility index (Phi) is 4.99. The lowest BCUT2D eigenvalue weighted by molar-refractivity contribution is 0.186. The third-order valence-electron chi connectivity index (χ3n) is 6.40. The second kappa shape index (κ2) is 8.18. The van der Waals surface area contributed by atoms with E-state index in [-0.39, 0.29) is 12.1 Å². The zero-order valence-electron chi connectivity index (χ0n) is 19.2. The van der Waals surface area contributed by atoms with Crippen molar-refractivity contribution in [2.75, 3.05) is 31.7 Å². The van der Waals surface area contributed by atoms with Gasteiger partial charge in [-0.25, -0.2) is 15.0 Å². The van der Waals surface area contributed by atoms with Gasteiger partial charge < -0.3 is 9.64 Å². The molecule has 1 aliphatic rings. The van der Waals surface area contributed by atoms with E-state index < -0.39 is 0 Å². The van der Waals surface area contributed by atoms with Gasteiger partial charge >= 0.3 is 0 Å². The molecule has 0 radical (unpaired) electrons. The quantitative estimate of drug-likeness (QED) is 0.402. The molecule has 5 heterocycles. The Bertz CT molecular complexity index is 1580. The smallest absolute Gasteiger partial charge is 0.263 e. The predicted octanol–water partition coefficient (Wildman–Crippen LogP) is 2.82. The molecule has 0 N–H and O–H groups in total. The average Bonchev–Trinajstić information content (AvgIpc) is 3.50. The molecule has 6 rings (SSSR count). The van der Waals surface area contributed by atoms with Crippen LogP contribution in [0.25, 0.3) is 27.6 Å². The van der Waals surface area contributed by atoms with Crippen molar-refractivity contribution in [3.63, 3.8) is 0 Å². The summed E-state index contributed by atoms with van der Waals surface area (Å²) in [5, 5.41) is 6.08. The summed E-state index contributed by atoms with van der Waals surface area (Å²) in [5.74, 6) is 1.92. The Morgan fingerprint density at radius 3 is 2.85 bits per heavy atom. The normalized spacial score (nSPS) is 16.1. The number of nitrogens with zero attached hydrogens (tertiary/aromatic N) is 7. The van der Waals surface area contributed by atoms with E-state index in [0.717, 1.165) is 48.6 Å². The second-order valence-electron chi connectivity index (χ2n) is 8.91. The van der Waals surface area contributed by atoms with Crippen molar-refractivity contribution in [1.29, 1.82) is 0 Å². The lowest BCUT2D eigenvalue weighted by atomic mass is 10.1. The molecule has 172 valence electrons. The van der Waals surface area contributed by atoms with Gasteiger partial charge in [0, 0.05) is 43.8 Å². The average molecular weight is 456 g/mol. The van der Waals surface area contributed by atoms with Gasteiger partial charge in [-0.15, -0.1) is 0 Å². The zero-order valence-corrected chi connectivity index (χ0v) is 19.2. The van der Waals surface area contributed by atoms with Gasteiger partial charge in [0.05, 0.1) is 29.7 Å². The molecule has 1 atom stereocenters. The van der Waals surface area contributed by atoms with Crippen LogP contribution in [0.3, 0.4) is 0 Å². The highest BCUT2D eigenvalue weighted by Gasteiger charge is 2.21. The highest BCUT2D eigenvalue weighted by molar-refractivity contribution is 5.89. The zero-order chi connectivity index (χ0) is 23.2. The summed E-state index contributed by atoms with van der Waals surface area (Å²) in [6.07, 6.45) is 2.73. The van der Waals surface area contributed by atoms with Crippen LogP contribution in [0.15, 0.2) is 53.5 Å². The SMILES string of the molecule is Cc1cc2n(Cc3nc(N(C)CC4CCOC4)c4ccccc4n3)c(=O)c3cccnc3n2n1. The van der Waals surface area contributed by atoms with Crippen LogP contribution in [0.1, 0.15) is 17.9 Å². The first-order valence-electron chi connectivity index (χ1n) is 11.5. The van der Waals surface area contributed by atoms with E-state index in [1.807, 2.05) is 37.3 Å². The number of benzene rings is 1. The van der Waals surface area contributed by atoms with Gasteiger partial charge in [0.15, 0.2) is 11.5 Å². The van der Waals surface area contributed by atoms with Crippen molar-refractivity contribution in [3.8, 4) is 0 Å². The number of para-hydroxylation sites is 1. The van der Waals surface area contributed by atoms with Crippen molar-refractivity contribution < 1.29 is 4.74 Å². The molecule has 1 saturated heterocycles. The van der Waals surface area contributed by atoms with Crippen LogP contribution in [0, 0.1) is 12.8 Å². The standard InChI is InChI=1S/C25H25N7O2/c1-16-12-22-31(25(33)19-7-5-10-26-23(19)32(22)29-16)14-21-27-20-8-4-3-6-18(20)24(28-21)30(2)13-17-9-11-34-15-17/h3-8,10,12,17H,9,11,13-15H2,1-2H3. The molecule has 1 unspecified atom stereocenters. The Morgan fingerprint density at radius 2 is 2.00 bits per heavy atom. The van der Waals surface area contributed by atoms with E-state index in [1.54, 1.807) is 27.4 Å². The Morgan fingerprint density at radius 1 is 1.15 bits per heavy atom. The number of pyridine rings is 1. The summed E-state index contributed by atoms with van der Waals surface area (Å²) in [6, 6.07) is 13.4. The Hall–Kier alpha value is -3.85. The number of rotatable bonds is 5. The number of ether oxygens (including phenoxy) is 1. The lowest BCUT2D eigenvalue weighted by Crippen LogP contribution is -2.28. The summed E-state index contributed by atoms with van der Waals surface area (Å²) >= 11 is 0.